The largest absolute Gasteiger partial charge is 0.460 e. The molecule has 0 aliphatic rings. The highest BCUT2D eigenvalue weighted by molar-refractivity contribution is 5.71. The fraction of sp³-hybridized carbons (Fsp3) is 0.400. The zero-order valence-corrected chi connectivity index (χ0v) is 12.0. The molecule has 0 radical (unpaired) electrons. The van der Waals surface area contributed by atoms with Gasteiger partial charge in [-0.3, -0.25) is 4.79 Å². The number of rotatable bonds is 5. The number of nitrogens with zero attached hydrogens (tertiary/aromatic N) is 3. The molecule has 0 amide bonds. The summed E-state index contributed by atoms with van der Waals surface area (Å²) in [5.74, 6) is -0.262. The van der Waals surface area contributed by atoms with Gasteiger partial charge in [-0.15, -0.1) is 0 Å². The van der Waals surface area contributed by atoms with Gasteiger partial charge in [-0.1, -0.05) is 41.5 Å². The van der Waals surface area contributed by atoms with E-state index in [1.54, 1.807) is 6.08 Å². The van der Waals surface area contributed by atoms with Gasteiger partial charge in [0.05, 0.1) is 0 Å². The molecule has 0 spiro atoms. The first-order chi connectivity index (χ1) is 9.42. The van der Waals surface area contributed by atoms with E-state index in [0.29, 0.717) is 12.1 Å². The van der Waals surface area contributed by atoms with Gasteiger partial charge in [0.15, 0.2) is 0 Å². The zero-order chi connectivity index (χ0) is 15.0. The first-order valence-corrected chi connectivity index (χ1v) is 6.45. The van der Waals surface area contributed by atoms with Gasteiger partial charge in [-0.2, -0.15) is 0 Å². The van der Waals surface area contributed by atoms with E-state index < -0.39 is 5.60 Å². The minimum atomic E-state index is -0.478. The summed E-state index contributed by atoms with van der Waals surface area (Å²) in [6.07, 6.45) is 2.48. The lowest BCUT2D eigenvalue weighted by atomic mass is 10.1. The second-order valence-corrected chi connectivity index (χ2v) is 5.27. The molecule has 0 heterocycles. The monoisotopic (exact) mass is 273 g/mol. The van der Waals surface area contributed by atoms with Crippen molar-refractivity contribution in [1.82, 2.24) is 0 Å². The van der Waals surface area contributed by atoms with Crippen LogP contribution in [0.15, 0.2) is 41.5 Å². The molecule has 20 heavy (non-hydrogen) atoms. The third kappa shape index (κ3) is 6.07. The fourth-order valence-electron chi connectivity index (χ4n) is 1.59. The Kier molecular flexibility index (Phi) is 5.81. The van der Waals surface area contributed by atoms with E-state index in [9.17, 15) is 4.79 Å². The number of azide groups is 1. The highest BCUT2D eigenvalue weighted by Gasteiger charge is 2.15. The quantitative estimate of drug-likeness (QED) is 0.344. The van der Waals surface area contributed by atoms with E-state index in [1.807, 2.05) is 51.1 Å². The van der Waals surface area contributed by atoms with Crippen molar-refractivity contribution in [1.29, 1.82) is 0 Å². The number of hydrogen-bond acceptors (Lipinski definition) is 3. The van der Waals surface area contributed by atoms with Crippen molar-refractivity contribution in [3.8, 4) is 0 Å². The van der Waals surface area contributed by atoms with E-state index in [2.05, 4.69) is 10.0 Å². The number of esters is 1. The van der Waals surface area contributed by atoms with Crippen molar-refractivity contribution in [2.75, 3.05) is 0 Å². The van der Waals surface area contributed by atoms with Crippen LogP contribution in [0.4, 0.5) is 0 Å². The van der Waals surface area contributed by atoms with Crippen molar-refractivity contribution in [2.45, 2.75) is 39.2 Å². The van der Waals surface area contributed by atoms with Gasteiger partial charge in [0, 0.05) is 17.0 Å². The molecule has 0 saturated carbocycles. The van der Waals surface area contributed by atoms with Crippen LogP contribution in [-0.4, -0.2) is 11.6 Å². The van der Waals surface area contributed by atoms with Gasteiger partial charge < -0.3 is 4.74 Å². The Morgan fingerprint density at radius 1 is 1.35 bits per heavy atom. The van der Waals surface area contributed by atoms with Crippen LogP contribution in [0.1, 0.15) is 39.2 Å². The number of carbonyl (C=O) groups excluding carboxylic acids is 1. The Morgan fingerprint density at radius 2 is 2.00 bits per heavy atom. The number of ether oxygens (including phenoxy) is 1. The van der Waals surface area contributed by atoms with Gasteiger partial charge in [0.1, 0.15) is 5.60 Å². The van der Waals surface area contributed by atoms with E-state index in [-0.39, 0.29) is 12.4 Å². The van der Waals surface area contributed by atoms with Crippen LogP contribution in [0.2, 0.25) is 0 Å². The standard InChI is InChI=1S/C15H19N3O2/c1-15(2,3)20-14(19)11-7-10-13(17-18-16)12-8-5-4-6-9-12/h4-6,8-10H,7,11H2,1-3H3/b13-10+. The highest BCUT2D eigenvalue weighted by atomic mass is 16.6. The van der Waals surface area contributed by atoms with Crippen LogP contribution < -0.4 is 0 Å². The molecule has 0 saturated heterocycles. The van der Waals surface area contributed by atoms with Crippen LogP contribution in [0.5, 0.6) is 0 Å². The molecule has 0 bridgehead atoms. The van der Waals surface area contributed by atoms with Crippen molar-refractivity contribution < 1.29 is 9.53 Å². The summed E-state index contributed by atoms with van der Waals surface area (Å²) >= 11 is 0. The van der Waals surface area contributed by atoms with Crippen molar-refractivity contribution in [3.63, 3.8) is 0 Å². The van der Waals surface area contributed by atoms with Gasteiger partial charge in [-0.25, -0.2) is 0 Å². The highest BCUT2D eigenvalue weighted by Crippen LogP contribution is 2.17. The summed E-state index contributed by atoms with van der Waals surface area (Å²) in [6.45, 7) is 5.49. The Morgan fingerprint density at radius 3 is 2.55 bits per heavy atom. The molecular formula is C15H19N3O2. The maximum atomic E-state index is 11.6. The smallest absolute Gasteiger partial charge is 0.306 e. The Labute approximate surface area is 118 Å². The van der Waals surface area contributed by atoms with Crippen LogP contribution >= 0.6 is 0 Å². The fourth-order valence-corrected chi connectivity index (χ4v) is 1.59. The molecule has 1 rings (SSSR count). The van der Waals surface area contributed by atoms with Crippen LogP contribution in [0.3, 0.4) is 0 Å². The van der Waals surface area contributed by atoms with Gasteiger partial charge in [-0.05, 0) is 38.3 Å². The Hall–Kier alpha value is -2.26. The molecule has 0 aliphatic heterocycles. The van der Waals surface area contributed by atoms with Gasteiger partial charge in [0.2, 0.25) is 0 Å². The van der Waals surface area contributed by atoms with Crippen LogP contribution in [0.25, 0.3) is 16.1 Å². The minimum absolute atomic E-state index is 0.258. The van der Waals surface area contributed by atoms with E-state index in [4.69, 9.17) is 10.3 Å². The summed E-state index contributed by atoms with van der Waals surface area (Å²) in [5.41, 5.74) is 9.46. The minimum Gasteiger partial charge on any atom is -0.460 e. The van der Waals surface area contributed by atoms with Crippen molar-refractivity contribution in [3.05, 3.63) is 52.4 Å². The summed E-state index contributed by atoms with van der Waals surface area (Å²) < 4.78 is 5.21. The van der Waals surface area contributed by atoms with Crippen molar-refractivity contribution >= 4 is 11.7 Å². The predicted molar refractivity (Wildman–Crippen MR) is 78.6 cm³/mol. The molecule has 0 aliphatic carbocycles. The normalized spacial score (nSPS) is 11.7. The molecular weight excluding hydrogens is 254 g/mol. The van der Waals surface area contributed by atoms with Gasteiger partial charge >= 0.3 is 5.97 Å². The van der Waals surface area contributed by atoms with E-state index in [1.165, 1.54) is 0 Å². The van der Waals surface area contributed by atoms with E-state index in [0.717, 1.165) is 5.56 Å². The molecule has 106 valence electrons. The number of allylic oxidation sites excluding steroid dienone is 1. The first-order valence-electron chi connectivity index (χ1n) is 6.45. The summed E-state index contributed by atoms with van der Waals surface area (Å²) in [5, 5.41) is 3.66. The maximum absolute atomic E-state index is 11.6. The second kappa shape index (κ2) is 7.36. The molecule has 1 aromatic rings. The second-order valence-electron chi connectivity index (χ2n) is 5.27. The van der Waals surface area contributed by atoms with Crippen molar-refractivity contribution in [2.24, 2.45) is 5.11 Å². The first kappa shape index (κ1) is 15.8. The third-order valence-corrected chi connectivity index (χ3v) is 2.33. The summed E-state index contributed by atoms with van der Waals surface area (Å²) in [6, 6.07) is 9.33. The Balaban J connectivity index is 2.66. The topological polar surface area (TPSA) is 75.1 Å². The number of hydrogen-bond donors (Lipinski definition) is 0. The maximum Gasteiger partial charge on any atom is 0.306 e. The summed E-state index contributed by atoms with van der Waals surface area (Å²) in [4.78, 5) is 14.4. The van der Waals surface area contributed by atoms with Crippen LogP contribution in [0, 0.1) is 0 Å². The average molecular weight is 273 g/mol. The van der Waals surface area contributed by atoms with Crippen LogP contribution in [-0.2, 0) is 9.53 Å². The molecule has 0 atom stereocenters. The lowest BCUT2D eigenvalue weighted by Crippen LogP contribution is -2.23. The zero-order valence-electron chi connectivity index (χ0n) is 12.0. The van der Waals surface area contributed by atoms with Gasteiger partial charge in [0.25, 0.3) is 0 Å². The molecule has 0 aromatic heterocycles. The number of benzene rings is 1. The molecule has 5 heteroatoms. The lowest BCUT2D eigenvalue weighted by Gasteiger charge is -2.19. The SMILES string of the molecule is CC(C)(C)OC(=O)CC/C=C(/N=[N+]=[N-])c1ccccc1. The molecule has 0 fully saturated rings. The lowest BCUT2D eigenvalue weighted by molar-refractivity contribution is -0.154. The van der Waals surface area contributed by atoms with E-state index >= 15 is 0 Å². The predicted octanol–water partition coefficient (Wildman–Crippen LogP) is 4.46. The molecule has 1 aromatic carbocycles. The molecule has 5 nitrogen and oxygen atoms in total. The molecule has 0 unspecified atom stereocenters. The number of carbonyl (C=O) groups is 1. The molecule has 0 N–H and O–H groups in total. The third-order valence-electron chi connectivity index (χ3n) is 2.33. The Bertz CT molecular complexity index is 524. The summed E-state index contributed by atoms with van der Waals surface area (Å²) in [7, 11) is 0. The average Bonchev–Trinajstić information content (AvgIpc) is 2.36.